The topological polar surface area (TPSA) is 61.7 Å². The molecule has 4 nitrogen and oxygen atoms in total. The van der Waals surface area contributed by atoms with Crippen molar-refractivity contribution >= 4 is 0 Å². The van der Waals surface area contributed by atoms with Crippen LogP contribution in [-0.4, -0.2) is 30.0 Å². The predicted octanol–water partition coefficient (Wildman–Crippen LogP) is 1.43. The molecule has 1 aliphatic rings. The molecule has 0 radical (unpaired) electrons. The van der Waals surface area contributed by atoms with E-state index in [4.69, 9.17) is 9.84 Å². The van der Waals surface area contributed by atoms with Crippen molar-refractivity contribution in [2.45, 2.75) is 19.0 Å². The van der Waals surface area contributed by atoms with E-state index in [1.54, 1.807) is 19.2 Å². The largest absolute Gasteiger partial charge is 0.508 e. The Morgan fingerprint density at radius 2 is 2.22 bits per heavy atom. The second-order valence-corrected chi connectivity index (χ2v) is 4.55. The first-order chi connectivity index (χ1) is 8.72. The number of methoxy groups -OCH3 is 1. The zero-order valence-electron chi connectivity index (χ0n) is 10.5. The van der Waals surface area contributed by atoms with E-state index in [-0.39, 0.29) is 24.3 Å². The first kappa shape index (κ1) is 12.9. The molecule has 18 heavy (non-hydrogen) atoms. The second kappa shape index (κ2) is 5.89. The monoisotopic (exact) mass is 249 g/mol. The predicted molar refractivity (Wildman–Crippen MR) is 69.6 cm³/mol. The summed E-state index contributed by atoms with van der Waals surface area (Å²) >= 11 is 0. The molecule has 0 fully saturated rings. The summed E-state index contributed by atoms with van der Waals surface area (Å²) in [5.41, 5.74) is 0.815. The highest BCUT2D eigenvalue weighted by Gasteiger charge is 2.17. The zero-order valence-corrected chi connectivity index (χ0v) is 10.5. The van der Waals surface area contributed by atoms with Gasteiger partial charge in [-0.15, -0.1) is 0 Å². The summed E-state index contributed by atoms with van der Waals surface area (Å²) in [6, 6.07) is 5.45. The van der Waals surface area contributed by atoms with Crippen molar-refractivity contribution in [1.82, 2.24) is 5.32 Å². The molecular weight excluding hydrogens is 230 g/mol. The number of phenols is 1. The summed E-state index contributed by atoms with van der Waals surface area (Å²) in [4.78, 5) is 0. The van der Waals surface area contributed by atoms with Gasteiger partial charge < -0.3 is 20.3 Å². The van der Waals surface area contributed by atoms with Crippen LogP contribution in [0.15, 0.2) is 30.4 Å². The van der Waals surface area contributed by atoms with Gasteiger partial charge in [-0.2, -0.15) is 0 Å². The van der Waals surface area contributed by atoms with Crippen molar-refractivity contribution in [2.75, 3.05) is 13.7 Å². The number of ether oxygens (including phenoxy) is 1. The van der Waals surface area contributed by atoms with E-state index < -0.39 is 0 Å². The van der Waals surface area contributed by atoms with Gasteiger partial charge in [0.05, 0.1) is 7.11 Å². The van der Waals surface area contributed by atoms with Gasteiger partial charge in [0.2, 0.25) is 0 Å². The number of nitrogens with one attached hydrogen (secondary N) is 1. The van der Waals surface area contributed by atoms with Crippen molar-refractivity contribution in [3.63, 3.8) is 0 Å². The third-order valence-corrected chi connectivity index (χ3v) is 3.25. The number of benzene rings is 1. The van der Waals surface area contributed by atoms with E-state index in [0.717, 1.165) is 17.7 Å². The molecule has 1 aromatic rings. The highest BCUT2D eigenvalue weighted by atomic mass is 16.5. The first-order valence-electron chi connectivity index (χ1n) is 6.11. The Kier molecular flexibility index (Phi) is 4.23. The Morgan fingerprint density at radius 1 is 1.39 bits per heavy atom. The van der Waals surface area contributed by atoms with Crippen molar-refractivity contribution in [1.29, 1.82) is 0 Å². The highest BCUT2D eigenvalue weighted by Crippen LogP contribution is 2.23. The maximum absolute atomic E-state index is 9.75. The Hall–Kier alpha value is -1.52. The van der Waals surface area contributed by atoms with Crippen LogP contribution in [0.4, 0.5) is 0 Å². The Morgan fingerprint density at radius 3 is 2.89 bits per heavy atom. The average Bonchev–Trinajstić information content (AvgIpc) is 2.86. The van der Waals surface area contributed by atoms with Gasteiger partial charge in [-0.1, -0.05) is 12.2 Å². The SMILES string of the molecule is COc1ccc(O)c(CN[C@@H]2C=C[C@H](CO)C2)c1. The molecule has 4 heteroatoms. The highest BCUT2D eigenvalue weighted by molar-refractivity contribution is 5.39. The van der Waals surface area contributed by atoms with Crippen LogP contribution in [0.25, 0.3) is 0 Å². The smallest absolute Gasteiger partial charge is 0.120 e. The van der Waals surface area contributed by atoms with Crippen LogP contribution in [0.1, 0.15) is 12.0 Å². The molecule has 98 valence electrons. The van der Waals surface area contributed by atoms with Crippen LogP contribution in [0, 0.1) is 5.92 Å². The fourth-order valence-electron chi connectivity index (χ4n) is 2.13. The van der Waals surface area contributed by atoms with Crippen LogP contribution >= 0.6 is 0 Å². The Labute approximate surface area is 107 Å². The maximum Gasteiger partial charge on any atom is 0.120 e. The fraction of sp³-hybridized carbons (Fsp3) is 0.429. The molecule has 0 saturated carbocycles. The molecular formula is C14H19NO3. The van der Waals surface area contributed by atoms with Gasteiger partial charge in [0.25, 0.3) is 0 Å². The number of aliphatic hydroxyl groups is 1. The standard InChI is InChI=1S/C14H19NO3/c1-18-13-4-5-14(17)11(7-13)8-15-12-3-2-10(6-12)9-16/h2-5,7,10,12,15-17H,6,8-9H2,1H3/t10-,12+/m0/s1. The number of hydrogen-bond donors (Lipinski definition) is 3. The summed E-state index contributed by atoms with van der Waals surface area (Å²) in [7, 11) is 1.61. The summed E-state index contributed by atoms with van der Waals surface area (Å²) in [5.74, 6) is 1.25. The number of hydrogen-bond acceptors (Lipinski definition) is 4. The van der Waals surface area contributed by atoms with Crippen LogP contribution < -0.4 is 10.1 Å². The normalized spacial score (nSPS) is 22.3. The first-order valence-corrected chi connectivity index (χ1v) is 6.11. The molecule has 0 spiro atoms. The number of aliphatic hydroxyl groups excluding tert-OH is 1. The molecule has 1 aromatic carbocycles. The lowest BCUT2D eigenvalue weighted by atomic mass is 10.1. The molecule has 0 bridgehead atoms. The quantitative estimate of drug-likeness (QED) is 0.691. The van der Waals surface area contributed by atoms with Crippen molar-refractivity contribution in [3.05, 3.63) is 35.9 Å². The van der Waals surface area contributed by atoms with Crippen molar-refractivity contribution in [3.8, 4) is 11.5 Å². The fourth-order valence-corrected chi connectivity index (χ4v) is 2.13. The summed E-state index contributed by atoms with van der Waals surface area (Å²) in [6.07, 6.45) is 5.00. The molecule has 3 N–H and O–H groups in total. The third-order valence-electron chi connectivity index (χ3n) is 3.25. The van der Waals surface area contributed by atoms with E-state index >= 15 is 0 Å². The molecule has 0 unspecified atom stereocenters. The van der Waals surface area contributed by atoms with Crippen LogP contribution in [-0.2, 0) is 6.54 Å². The minimum atomic E-state index is 0.194. The molecule has 0 heterocycles. The van der Waals surface area contributed by atoms with E-state index in [1.165, 1.54) is 0 Å². The molecule has 0 amide bonds. The van der Waals surface area contributed by atoms with Crippen LogP contribution in [0.2, 0.25) is 0 Å². The molecule has 0 aromatic heterocycles. The lowest BCUT2D eigenvalue weighted by molar-refractivity contribution is 0.246. The molecule has 2 rings (SSSR count). The lowest BCUT2D eigenvalue weighted by Crippen LogP contribution is -2.26. The summed E-state index contributed by atoms with van der Waals surface area (Å²) < 4.78 is 5.13. The molecule has 0 aliphatic heterocycles. The molecule has 2 atom stereocenters. The lowest BCUT2D eigenvalue weighted by Gasteiger charge is -2.14. The second-order valence-electron chi connectivity index (χ2n) is 4.55. The van der Waals surface area contributed by atoms with E-state index in [1.807, 2.05) is 12.1 Å². The summed E-state index contributed by atoms with van der Waals surface area (Å²) in [6.45, 7) is 0.773. The average molecular weight is 249 g/mol. The van der Waals surface area contributed by atoms with Gasteiger partial charge >= 0.3 is 0 Å². The van der Waals surface area contributed by atoms with E-state index in [9.17, 15) is 5.11 Å². The Bertz CT molecular complexity index is 431. The molecule has 0 saturated heterocycles. The zero-order chi connectivity index (χ0) is 13.0. The number of rotatable bonds is 5. The van der Waals surface area contributed by atoms with Gasteiger partial charge in [0.15, 0.2) is 0 Å². The van der Waals surface area contributed by atoms with Crippen LogP contribution in [0.3, 0.4) is 0 Å². The van der Waals surface area contributed by atoms with Crippen molar-refractivity contribution < 1.29 is 14.9 Å². The van der Waals surface area contributed by atoms with Gasteiger partial charge in [-0.05, 0) is 24.6 Å². The Balaban J connectivity index is 1.92. The minimum Gasteiger partial charge on any atom is -0.508 e. The molecule has 1 aliphatic carbocycles. The van der Waals surface area contributed by atoms with E-state index in [0.29, 0.717) is 6.54 Å². The van der Waals surface area contributed by atoms with Crippen LogP contribution in [0.5, 0.6) is 11.5 Å². The van der Waals surface area contributed by atoms with Gasteiger partial charge in [-0.3, -0.25) is 0 Å². The van der Waals surface area contributed by atoms with Crippen molar-refractivity contribution in [2.24, 2.45) is 5.92 Å². The third kappa shape index (κ3) is 3.03. The summed E-state index contributed by atoms with van der Waals surface area (Å²) in [5, 5.41) is 22.1. The maximum atomic E-state index is 9.75. The van der Waals surface area contributed by atoms with E-state index in [2.05, 4.69) is 11.4 Å². The minimum absolute atomic E-state index is 0.194. The van der Waals surface area contributed by atoms with Gasteiger partial charge in [-0.25, -0.2) is 0 Å². The number of aromatic hydroxyl groups is 1. The van der Waals surface area contributed by atoms with Gasteiger partial charge in [0, 0.05) is 30.7 Å². The van der Waals surface area contributed by atoms with Gasteiger partial charge in [0.1, 0.15) is 11.5 Å². The number of phenolic OH excluding ortho intramolecular Hbond substituents is 1.